The highest BCUT2D eigenvalue weighted by Gasteiger charge is 2.34. The molecule has 2 aliphatic rings. The van der Waals surface area contributed by atoms with Gasteiger partial charge in [0.15, 0.2) is 9.84 Å². The largest absolute Gasteiger partial charge is 0.355 e. The molecule has 0 bridgehead atoms. The number of nitrogens with one attached hydrogen (secondary N) is 1. The van der Waals surface area contributed by atoms with Gasteiger partial charge in [-0.05, 0) is 37.0 Å². The van der Waals surface area contributed by atoms with E-state index in [0.717, 1.165) is 6.42 Å². The van der Waals surface area contributed by atoms with E-state index in [-0.39, 0.29) is 22.3 Å². The lowest BCUT2D eigenvalue weighted by Gasteiger charge is -2.36. The van der Waals surface area contributed by atoms with Crippen molar-refractivity contribution in [2.45, 2.75) is 70.5 Å². The van der Waals surface area contributed by atoms with Gasteiger partial charge in [0.25, 0.3) is 0 Å². The summed E-state index contributed by atoms with van der Waals surface area (Å²) in [7, 11) is -2.96. The van der Waals surface area contributed by atoms with Crippen molar-refractivity contribution >= 4 is 15.7 Å². The lowest BCUT2D eigenvalue weighted by atomic mass is 9.69. The molecular weight excluding hydrogens is 286 g/mol. The lowest BCUT2D eigenvalue weighted by molar-refractivity contribution is -0.124. The number of carbonyl (C=O) groups is 1. The maximum absolute atomic E-state index is 12.2. The summed E-state index contributed by atoms with van der Waals surface area (Å²) in [6, 6.07) is 0. The Bertz CT molecular complexity index is 464. The highest BCUT2D eigenvalue weighted by Crippen LogP contribution is 2.40. The van der Waals surface area contributed by atoms with E-state index in [0.29, 0.717) is 25.3 Å². The van der Waals surface area contributed by atoms with Gasteiger partial charge in [-0.1, -0.05) is 33.1 Å². The van der Waals surface area contributed by atoms with Crippen molar-refractivity contribution in [3.63, 3.8) is 0 Å². The quantitative estimate of drug-likeness (QED) is 0.848. The zero-order valence-electron chi connectivity index (χ0n) is 13.4. The van der Waals surface area contributed by atoms with Crippen LogP contribution in [-0.4, -0.2) is 31.9 Å². The van der Waals surface area contributed by atoms with Crippen LogP contribution in [0.25, 0.3) is 0 Å². The summed E-state index contributed by atoms with van der Waals surface area (Å²) in [6.07, 6.45) is 8.23. The molecule has 1 aliphatic carbocycles. The van der Waals surface area contributed by atoms with Crippen LogP contribution < -0.4 is 5.32 Å². The molecule has 4 nitrogen and oxygen atoms in total. The Labute approximate surface area is 129 Å². The van der Waals surface area contributed by atoms with Crippen LogP contribution in [0.15, 0.2) is 0 Å². The van der Waals surface area contributed by atoms with Crippen LogP contribution in [0.4, 0.5) is 0 Å². The first-order valence-corrected chi connectivity index (χ1v) is 10.0. The summed E-state index contributed by atoms with van der Waals surface area (Å²) in [4.78, 5) is 12.2. The number of hydrogen-bond acceptors (Lipinski definition) is 3. The fourth-order valence-corrected chi connectivity index (χ4v) is 5.59. The van der Waals surface area contributed by atoms with Crippen molar-refractivity contribution in [2.75, 3.05) is 12.3 Å². The Kier molecular flexibility index (Phi) is 5.33. The summed E-state index contributed by atoms with van der Waals surface area (Å²) < 4.78 is 23.5. The molecule has 1 aliphatic heterocycles. The standard InChI is InChI=1S/C16H29NO3S/c1-16(2,13-7-4-3-5-8-13)11-15(18)17-12-14-9-6-10-21(14,19)20/h13-14H,3-12H2,1-2H3,(H,17,18). The molecule has 1 N–H and O–H groups in total. The summed E-state index contributed by atoms with van der Waals surface area (Å²) in [5.74, 6) is 0.904. The molecule has 1 saturated carbocycles. The molecule has 5 heteroatoms. The molecule has 1 heterocycles. The van der Waals surface area contributed by atoms with E-state index >= 15 is 0 Å². The molecule has 1 unspecified atom stereocenters. The van der Waals surface area contributed by atoms with E-state index in [1.54, 1.807) is 0 Å². The molecule has 0 spiro atoms. The van der Waals surface area contributed by atoms with Gasteiger partial charge in [0.2, 0.25) is 5.91 Å². The highest BCUT2D eigenvalue weighted by atomic mass is 32.2. The van der Waals surface area contributed by atoms with Gasteiger partial charge in [-0.15, -0.1) is 0 Å². The van der Waals surface area contributed by atoms with E-state index < -0.39 is 9.84 Å². The lowest BCUT2D eigenvalue weighted by Crippen LogP contribution is -2.38. The molecular formula is C16H29NO3S. The van der Waals surface area contributed by atoms with Gasteiger partial charge in [-0.25, -0.2) is 8.42 Å². The third-order valence-corrected chi connectivity index (χ3v) is 7.59. The van der Waals surface area contributed by atoms with E-state index in [1.807, 2.05) is 0 Å². The second-order valence-corrected chi connectivity index (χ2v) is 9.84. The number of carbonyl (C=O) groups excluding carboxylic acids is 1. The maximum Gasteiger partial charge on any atom is 0.220 e. The number of hydrogen-bond donors (Lipinski definition) is 1. The number of rotatable bonds is 5. The van der Waals surface area contributed by atoms with Gasteiger partial charge in [-0.3, -0.25) is 4.79 Å². The Morgan fingerprint density at radius 3 is 2.33 bits per heavy atom. The van der Waals surface area contributed by atoms with Crippen LogP contribution in [0, 0.1) is 11.3 Å². The second kappa shape index (κ2) is 6.67. The molecule has 2 rings (SSSR count). The predicted molar refractivity (Wildman–Crippen MR) is 84.8 cm³/mol. The third kappa shape index (κ3) is 4.44. The Hall–Kier alpha value is -0.580. The SMILES string of the molecule is CC(C)(CC(=O)NCC1CCCS1(=O)=O)C1CCCCC1. The van der Waals surface area contributed by atoms with Crippen LogP contribution in [0.5, 0.6) is 0 Å². The molecule has 2 fully saturated rings. The topological polar surface area (TPSA) is 63.2 Å². The molecule has 0 aromatic heterocycles. The first-order valence-electron chi connectivity index (χ1n) is 8.29. The molecule has 1 atom stereocenters. The van der Waals surface area contributed by atoms with Crippen LogP contribution in [0.1, 0.15) is 65.2 Å². The van der Waals surface area contributed by atoms with Crippen molar-refractivity contribution in [1.29, 1.82) is 0 Å². The van der Waals surface area contributed by atoms with Crippen molar-refractivity contribution in [3.05, 3.63) is 0 Å². The molecule has 0 aromatic carbocycles. The average molecular weight is 315 g/mol. The van der Waals surface area contributed by atoms with Crippen LogP contribution in [0.3, 0.4) is 0 Å². The smallest absolute Gasteiger partial charge is 0.220 e. The van der Waals surface area contributed by atoms with Gasteiger partial charge in [0.05, 0.1) is 11.0 Å². The molecule has 1 saturated heterocycles. The van der Waals surface area contributed by atoms with Crippen LogP contribution >= 0.6 is 0 Å². The zero-order chi connectivity index (χ0) is 15.5. The van der Waals surface area contributed by atoms with Crippen molar-refractivity contribution in [2.24, 2.45) is 11.3 Å². The third-order valence-electron chi connectivity index (χ3n) is 5.32. The molecule has 21 heavy (non-hydrogen) atoms. The van der Waals surface area contributed by atoms with Crippen LogP contribution in [-0.2, 0) is 14.6 Å². The van der Waals surface area contributed by atoms with Gasteiger partial charge in [-0.2, -0.15) is 0 Å². The molecule has 0 radical (unpaired) electrons. The highest BCUT2D eigenvalue weighted by molar-refractivity contribution is 7.92. The second-order valence-electron chi connectivity index (χ2n) is 7.44. The normalized spacial score (nSPS) is 26.7. The van der Waals surface area contributed by atoms with Gasteiger partial charge >= 0.3 is 0 Å². The fourth-order valence-electron chi connectivity index (χ4n) is 3.82. The summed E-state index contributed by atoms with van der Waals surface area (Å²) in [5.41, 5.74) is 0.0130. The van der Waals surface area contributed by atoms with E-state index in [2.05, 4.69) is 19.2 Å². The Balaban J connectivity index is 1.80. The maximum atomic E-state index is 12.2. The summed E-state index contributed by atoms with van der Waals surface area (Å²) in [5, 5.41) is 2.50. The van der Waals surface area contributed by atoms with E-state index in [9.17, 15) is 13.2 Å². The number of amides is 1. The summed E-state index contributed by atoms with van der Waals surface area (Å²) in [6.45, 7) is 4.64. The number of sulfone groups is 1. The molecule has 1 amide bonds. The van der Waals surface area contributed by atoms with Crippen molar-refractivity contribution < 1.29 is 13.2 Å². The monoisotopic (exact) mass is 315 g/mol. The fraction of sp³-hybridized carbons (Fsp3) is 0.938. The minimum atomic E-state index is -2.96. The minimum absolute atomic E-state index is 0.00711. The van der Waals surface area contributed by atoms with Gasteiger partial charge in [0, 0.05) is 13.0 Å². The van der Waals surface area contributed by atoms with Crippen LogP contribution in [0.2, 0.25) is 0 Å². The molecule has 0 aromatic rings. The first-order chi connectivity index (χ1) is 9.81. The minimum Gasteiger partial charge on any atom is -0.355 e. The van der Waals surface area contributed by atoms with E-state index in [1.165, 1.54) is 32.1 Å². The molecule has 122 valence electrons. The average Bonchev–Trinajstić information content (AvgIpc) is 2.76. The predicted octanol–water partition coefficient (Wildman–Crippen LogP) is 2.68. The Morgan fingerprint density at radius 2 is 1.76 bits per heavy atom. The van der Waals surface area contributed by atoms with Gasteiger partial charge in [0.1, 0.15) is 0 Å². The summed E-state index contributed by atoms with van der Waals surface area (Å²) >= 11 is 0. The first kappa shape index (κ1) is 16.8. The van der Waals surface area contributed by atoms with Crippen molar-refractivity contribution in [3.8, 4) is 0 Å². The van der Waals surface area contributed by atoms with E-state index in [4.69, 9.17) is 0 Å². The van der Waals surface area contributed by atoms with Gasteiger partial charge < -0.3 is 5.32 Å². The Morgan fingerprint density at radius 1 is 1.10 bits per heavy atom. The van der Waals surface area contributed by atoms with Crippen molar-refractivity contribution in [1.82, 2.24) is 5.32 Å². The zero-order valence-corrected chi connectivity index (χ0v) is 14.2.